The number of fused-ring (bicyclic) bond motifs is 6. The smallest absolute Gasteiger partial charge is 0.250 e. The van der Waals surface area contributed by atoms with Gasteiger partial charge in [0.2, 0.25) is 0 Å². The van der Waals surface area contributed by atoms with Gasteiger partial charge < -0.3 is 9.47 Å². The molecule has 3 nitrogen and oxygen atoms in total. The number of nitrogens with zero attached hydrogens (tertiary/aromatic N) is 1. The van der Waals surface area contributed by atoms with E-state index in [1.54, 1.807) is 6.07 Å². The Morgan fingerprint density at radius 2 is 2.29 bits per heavy atom. The summed E-state index contributed by atoms with van der Waals surface area (Å²) in [6, 6.07) is 6.65. The molecule has 1 unspecified atom stereocenters. The zero-order chi connectivity index (χ0) is 11.4. The van der Waals surface area contributed by atoms with Gasteiger partial charge in [-0.05, 0) is 12.5 Å². The van der Waals surface area contributed by atoms with Gasteiger partial charge >= 0.3 is 0 Å². The van der Waals surface area contributed by atoms with Crippen LogP contribution in [0.2, 0.25) is 0 Å². The Kier molecular flexibility index (Phi) is 2.01. The molecule has 4 rings (SSSR count). The number of hydrogen-bond donors (Lipinski definition) is 1. The average molecular weight is 231 g/mol. The summed E-state index contributed by atoms with van der Waals surface area (Å²) in [7, 11) is 0. The second kappa shape index (κ2) is 3.45. The highest BCUT2D eigenvalue weighted by Crippen LogP contribution is 2.34. The van der Waals surface area contributed by atoms with E-state index >= 15 is 0 Å². The average Bonchev–Trinajstić information content (AvgIpc) is 2.79. The summed E-state index contributed by atoms with van der Waals surface area (Å²) in [4.78, 5) is 13.8. The highest BCUT2D eigenvalue weighted by atomic mass is 16.1. The molecule has 17 heavy (non-hydrogen) atoms. The van der Waals surface area contributed by atoms with Crippen LogP contribution in [-0.2, 0) is 6.54 Å². The Labute approximate surface area is 101 Å². The van der Waals surface area contributed by atoms with Gasteiger partial charge in [0, 0.05) is 43.0 Å². The second-order valence-electron chi connectivity index (χ2n) is 5.95. The van der Waals surface area contributed by atoms with E-state index in [9.17, 15) is 4.79 Å². The Balaban J connectivity index is 1.81. The highest BCUT2D eigenvalue weighted by molar-refractivity contribution is 5.16. The van der Waals surface area contributed by atoms with Crippen LogP contribution in [0.15, 0.2) is 23.0 Å². The summed E-state index contributed by atoms with van der Waals surface area (Å²) >= 11 is 0. The van der Waals surface area contributed by atoms with Gasteiger partial charge in [-0.3, -0.25) is 4.79 Å². The number of rotatable bonds is 0. The molecule has 0 saturated carbocycles. The third kappa shape index (κ3) is 1.35. The summed E-state index contributed by atoms with van der Waals surface area (Å²) in [6.45, 7) is 3.58. The lowest BCUT2D eigenvalue weighted by atomic mass is 9.78. The molecular formula is C14H19N2O+. The van der Waals surface area contributed by atoms with Crippen LogP contribution in [0.4, 0.5) is 0 Å². The van der Waals surface area contributed by atoms with Gasteiger partial charge in [-0.25, -0.2) is 0 Å². The van der Waals surface area contributed by atoms with Gasteiger partial charge in [0.1, 0.15) is 0 Å². The molecule has 1 N–H and O–H groups in total. The summed E-state index contributed by atoms with van der Waals surface area (Å²) in [6.07, 6.45) is 4.08. The first-order chi connectivity index (χ1) is 8.33. The van der Waals surface area contributed by atoms with Crippen LogP contribution in [0, 0.1) is 5.92 Å². The quantitative estimate of drug-likeness (QED) is 0.669. The molecule has 1 aromatic heterocycles. The molecule has 0 aliphatic carbocycles. The number of piperidine rings is 1. The van der Waals surface area contributed by atoms with Gasteiger partial charge in [-0.1, -0.05) is 6.07 Å². The molecule has 3 aliphatic heterocycles. The molecule has 4 heterocycles. The third-order valence-corrected chi connectivity index (χ3v) is 5.12. The number of aromatic nitrogens is 1. The number of pyridine rings is 1. The first kappa shape index (κ1) is 9.89. The molecule has 0 aromatic carbocycles. The fourth-order valence-electron chi connectivity index (χ4n) is 4.44. The molecule has 2 bridgehead atoms. The zero-order valence-corrected chi connectivity index (χ0v) is 10.1. The Morgan fingerprint density at radius 3 is 3.24 bits per heavy atom. The van der Waals surface area contributed by atoms with Crippen LogP contribution < -0.4 is 10.5 Å². The van der Waals surface area contributed by atoms with Crippen molar-refractivity contribution in [3.63, 3.8) is 0 Å². The van der Waals surface area contributed by atoms with E-state index in [0.29, 0.717) is 5.92 Å². The number of quaternary nitrogens is 1. The molecule has 3 heteroatoms. The van der Waals surface area contributed by atoms with E-state index < -0.39 is 0 Å². The predicted molar refractivity (Wildman–Crippen MR) is 65.3 cm³/mol. The minimum Gasteiger partial charge on any atom is -0.332 e. The topological polar surface area (TPSA) is 26.4 Å². The first-order valence-electron chi connectivity index (χ1n) is 6.87. The second-order valence-corrected chi connectivity index (χ2v) is 5.95. The van der Waals surface area contributed by atoms with Crippen molar-refractivity contribution >= 4 is 0 Å². The van der Waals surface area contributed by atoms with Crippen LogP contribution in [0.1, 0.15) is 30.9 Å². The molecule has 3 aliphatic rings. The minimum atomic E-state index is 0.207. The van der Waals surface area contributed by atoms with Gasteiger partial charge in [0.25, 0.3) is 5.56 Å². The maximum Gasteiger partial charge on any atom is 0.250 e. The van der Waals surface area contributed by atoms with Crippen LogP contribution in [0.3, 0.4) is 0 Å². The van der Waals surface area contributed by atoms with E-state index in [-0.39, 0.29) is 5.56 Å². The van der Waals surface area contributed by atoms with Crippen molar-refractivity contribution in [1.29, 1.82) is 0 Å². The highest BCUT2D eigenvalue weighted by Gasteiger charge is 2.45. The fourth-order valence-corrected chi connectivity index (χ4v) is 4.44. The van der Waals surface area contributed by atoms with Crippen molar-refractivity contribution in [2.24, 2.45) is 5.92 Å². The predicted octanol–water partition coefficient (Wildman–Crippen LogP) is 0.0127. The van der Waals surface area contributed by atoms with Crippen molar-refractivity contribution in [3.05, 3.63) is 34.2 Å². The van der Waals surface area contributed by atoms with Gasteiger partial charge in [0.15, 0.2) is 0 Å². The SMILES string of the molecule is O=c1cccc2n1C[C@@H]1C[C@H]2C[NH+]2CCC[C@H]12. The van der Waals surface area contributed by atoms with Crippen molar-refractivity contribution in [3.8, 4) is 0 Å². The van der Waals surface area contributed by atoms with Crippen molar-refractivity contribution < 1.29 is 4.90 Å². The van der Waals surface area contributed by atoms with Crippen molar-refractivity contribution in [1.82, 2.24) is 4.57 Å². The summed E-state index contributed by atoms with van der Waals surface area (Å²) < 4.78 is 2.05. The largest absolute Gasteiger partial charge is 0.332 e. The Bertz CT molecular complexity index is 507. The van der Waals surface area contributed by atoms with Crippen LogP contribution in [0.25, 0.3) is 0 Å². The Morgan fingerprint density at radius 1 is 1.35 bits per heavy atom. The van der Waals surface area contributed by atoms with Crippen LogP contribution in [0.5, 0.6) is 0 Å². The summed E-state index contributed by atoms with van der Waals surface area (Å²) in [5.41, 5.74) is 1.50. The Hall–Kier alpha value is -1.09. The fraction of sp³-hybridized carbons (Fsp3) is 0.643. The van der Waals surface area contributed by atoms with E-state index in [0.717, 1.165) is 18.5 Å². The normalized spacial score (nSPS) is 38.6. The van der Waals surface area contributed by atoms with Gasteiger partial charge in [-0.15, -0.1) is 0 Å². The van der Waals surface area contributed by atoms with Crippen molar-refractivity contribution in [2.45, 2.75) is 37.8 Å². The van der Waals surface area contributed by atoms with Gasteiger partial charge in [0.05, 0.1) is 19.1 Å². The molecule has 2 fully saturated rings. The zero-order valence-electron chi connectivity index (χ0n) is 10.1. The van der Waals surface area contributed by atoms with E-state index in [1.165, 1.54) is 38.0 Å². The molecule has 1 aromatic rings. The molecular weight excluding hydrogens is 212 g/mol. The lowest BCUT2D eigenvalue weighted by Crippen LogP contribution is -3.16. The maximum atomic E-state index is 11.9. The molecule has 0 amide bonds. The maximum absolute atomic E-state index is 11.9. The number of hydrogen-bond acceptors (Lipinski definition) is 1. The first-order valence-corrected chi connectivity index (χ1v) is 6.87. The van der Waals surface area contributed by atoms with Gasteiger partial charge in [-0.2, -0.15) is 0 Å². The lowest BCUT2D eigenvalue weighted by molar-refractivity contribution is -0.924. The third-order valence-electron chi connectivity index (χ3n) is 5.12. The standard InChI is InChI=1S/C14H18N2O/c17-14-5-1-3-13-10-7-11(9-16(13)14)12-4-2-6-15(12)8-10/h1,3,5,10-12H,2,4,6-9H2/p+1/t10-,11-,12+/m0/s1. The lowest BCUT2D eigenvalue weighted by Gasteiger charge is -2.43. The van der Waals surface area contributed by atoms with Crippen molar-refractivity contribution in [2.75, 3.05) is 13.1 Å². The summed E-state index contributed by atoms with van der Waals surface area (Å²) in [5.74, 6) is 1.38. The van der Waals surface area contributed by atoms with Crippen LogP contribution >= 0.6 is 0 Å². The number of nitrogens with one attached hydrogen (secondary N) is 1. The van der Waals surface area contributed by atoms with E-state index in [1.807, 2.05) is 15.5 Å². The monoisotopic (exact) mass is 231 g/mol. The summed E-state index contributed by atoms with van der Waals surface area (Å²) in [5, 5.41) is 0. The molecule has 90 valence electrons. The molecule has 4 atom stereocenters. The molecule has 0 radical (unpaired) electrons. The van der Waals surface area contributed by atoms with Crippen LogP contribution in [-0.4, -0.2) is 23.7 Å². The molecule has 0 spiro atoms. The minimum absolute atomic E-state index is 0.207. The molecule has 2 saturated heterocycles. The van der Waals surface area contributed by atoms with E-state index in [2.05, 4.69) is 6.07 Å². The van der Waals surface area contributed by atoms with E-state index in [4.69, 9.17) is 0 Å².